The average Bonchev–Trinajstić information content (AvgIpc) is 3.21. The Balaban J connectivity index is 1.69. The predicted molar refractivity (Wildman–Crippen MR) is 120 cm³/mol. The van der Waals surface area contributed by atoms with Crippen LogP contribution in [0.25, 0.3) is 0 Å². The lowest BCUT2D eigenvalue weighted by Gasteiger charge is -2.39. The van der Waals surface area contributed by atoms with E-state index in [4.69, 9.17) is 0 Å². The van der Waals surface area contributed by atoms with E-state index in [1.165, 1.54) is 5.56 Å². The molecule has 3 rings (SSSR count). The van der Waals surface area contributed by atoms with Crippen molar-refractivity contribution in [3.8, 4) is 0 Å². The molecule has 2 N–H and O–H groups in total. The largest absolute Gasteiger partial charge is 0.343 e. The van der Waals surface area contributed by atoms with Crippen molar-refractivity contribution in [1.29, 1.82) is 0 Å². The second-order valence-electron chi connectivity index (χ2n) is 9.12. The molecule has 170 valence electrons. The molecule has 4 atom stereocenters. The highest BCUT2D eigenvalue weighted by Crippen LogP contribution is 2.33. The van der Waals surface area contributed by atoms with Crippen LogP contribution in [0.5, 0.6) is 0 Å². The number of amides is 3. The lowest BCUT2D eigenvalue weighted by molar-refractivity contribution is -0.149. The van der Waals surface area contributed by atoms with Gasteiger partial charge in [0, 0.05) is 19.6 Å². The third-order valence-corrected chi connectivity index (χ3v) is 6.71. The third-order valence-electron chi connectivity index (χ3n) is 6.71. The number of nitrogens with zero attached hydrogens (tertiary/aromatic N) is 2. The van der Waals surface area contributed by atoms with Gasteiger partial charge in [-0.25, -0.2) is 0 Å². The summed E-state index contributed by atoms with van der Waals surface area (Å²) in [7, 11) is 1.71. The minimum Gasteiger partial charge on any atom is -0.343 e. The Labute approximate surface area is 185 Å². The fraction of sp³-hybridized carbons (Fsp3) is 0.625. The second kappa shape index (κ2) is 10.3. The van der Waals surface area contributed by atoms with E-state index in [0.717, 1.165) is 25.8 Å². The van der Waals surface area contributed by atoms with Crippen LogP contribution < -0.4 is 10.6 Å². The first kappa shape index (κ1) is 23.3. The summed E-state index contributed by atoms with van der Waals surface area (Å²) >= 11 is 0. The molecule has 7 heteroatoms. The van der Waals surface area contributed by atoms with Gasteiger partial charge >= 0.3 is 0 Å². The number of piperidine rings is 1. The van der Waals surface area contributed by atoms with Crippen LogP contribution in [-0.4, -0.2) is 72.3 Å². The molecule has 2 heterocycles. The summed E-state index contributed by atoms with van der Waals surface area (Å²) in [6.07, 6.45) is 2.58. The van der Waals surface area contributed by atoms with Crippen molar-refractivity contribution in [3.05, 3.63) is 35.9 Å². The second-order valence-corrected chi connectivity index (χ2v) is 9.12. The van der Waals surface area contributed by atoms with Gasteiger partial charge in [0.05, 0.1) is 6.04 Å². The van der Waals surface area contributed by atoms with Crippen LogP contribution in [-0.2, 0) is 20.8 Å². The maximum atomic E-state index is 13.4. The van der Waals surface area contributed by atoms with E-state index in [2.05, 4.69) is 22.8 Å². The molecular formula is C24H36N4O3. The van der Waals surface area contributed by atoms with Crippen molar-refractivity contribution in [1.82, 2.24) is 20.4 Å². The van der Waals surface area contributed by atoms with E-state index in [0.29, 0.717) is 13.1 Å². The molecule has 0 spiro atoms. The Hall–Kier alpha value is -2.41. The monoisotopic (exact) mass is 428 g/mol. The first-order valence-electron chi connectivity index (χ1n) is 11.4. The molecule has 2 aliphatic heterocycles. The molecule has 2 saturated heterocycles. The molecule has 0 aliphatic carbocycles. The number of likely N-dealkylation sites (N-methyl/N-ethyl adjacent to an activating group) is 1. The fourth-order valence-electron chi connectivity index (χ4n) is 4.59. The molecular weight excluding hydrogens is 392 g/mol. The van der Waals surface area contributed by atoms with Crippen LogP contribution in [0.4, 0.5) is 0 Å². The zero-order valence-electron chi connectivity index (χ0n) is 19.1. The number of benzene rings is 1. The molecule has 7 nitrogen and oxygen atoms in total. The van der Waals surface area contributed by atoms with Crippen LogP contribution in [0.2, 0.25) is 0 Å². The van der Waals surface area contributed by atoms with Gasteiger partial charge in [0.15, 0.2) is 0 Å². The maximum Gasteiger partial charge on any atom is 0.246 e. The van der Waals surface area contributed by atoms with E-state index in [1.54, 1.807) is 18.9 Å². The standard InChI is InChI=1S/C24H36N4O3/c1-16(2)20(26-22(29)17(3)25-4)23(30)28-15-12-19-11-14-27(24(31)21(19)28)13-10-18-8-6-5-7-9-18/h5-9,16-17,19-21,25H,10-15H2,1-4H3,(H,26,29)/t17-,19+,20-,21-/m0/s1. The van der Waals surface area contributed by atoms with Crippen molar-refractivity contribution in [2.24, 2.45) is 11.8 Å². The van der Waals surface area contributed by atoms with Gasteiger partial charge in [-0.2, -0.15) is 0 Å². The van der Waals surface area contributed by atoms with Crippen molar-refractivity contribution in [3.63, 3.8) is 0 Å². The summed E-state index contributed by atoms with van der Waals surface area (Å²) in [6.45, 7) is 7.60. The van der Waals surface area contributed by atoms with Gasteiger partial charge in [0.2, 0.25) is 17.7 Å². The number of carbonyl (C=O) groups is 3. The van der Waals surface area contributed by atoms with Gasteiger partial charge < -0.3 is 20.4 Å². The quantitative estimate of drug-likeness (QED) is 0.656. The number of hydrogen-bond donors (Lipinski definition) is 2. The van der Waals surface area contributed by atoms with E-state index in [1.807, 2.05) is 36.9 Å². The van der Waals surface area contributed by atoms with Crippen LogP contribution >= 0.6 is 0 Å². The SMILES string of the molecule is CN[C@@H](C)C(=O)N[C@H](C(=O)N1CC[C@H]2CCN(CCc3ccccc3)C(=O)[C@H]21)C(C)C. The Morgan fingerprint density at radius 3 is 2.42 bits per heavy atom. The lowest BCUT2D eigenvalue weighted by atomic mass is 9.90. The van der Waals surface area contributed by atoms with Gasteiger partial charge in [-0.3, -0.25) is 14.4 Å². The topological polar surface area (TPSA) is 81.8 Å². The molecule has 0 aromatic heterocycles. The number of hydrogen-bond acceptors (Lipinski definition) is 4. The lowest BCUT2D eigenvalue weighted by Crippen LogP contribution is -2.59. The van der Waals surface area contributed by atoms with E-state index in [-0.39, 0.29) is 35.6 Å². The predicted octanol–water partition coefficient (Wildman–Crippen LogP) is 1.43. The summed E-state index contributed by atoms with van der Waals surface area (Å²) in [4.78, 5) is 42.8. The minimum atomic E-state index is -0.630. The molecule has 0 radical (unpaired) electrons. The van der Waals surface area contributed by atoms with Gasteiger partial charge in [-0.15, -0.1) is 0 Å². The number of rotatable bonds is 8. The third kappa shape index (κ3) is 5.26. The first-order valence-corrected chi connectivity index (χ1v) is 11.4. The van der Waals surface area contributed by atoms with E-state index >= 15 is 0 Å². The zero-order valence-corrected chi connectivity index (χ0v) is 19.1. The molecule has 0 unspecified atom stereocenters. The zero-order chi connectivity index (χ0) is 22.5. The maximum absolute atomic E-state index is 13.4. The molecule has 2 fully saturated rings. The summed E-state index contributed by atoms with van der Waals surface area (Å²) in [6, 6.07) is 8.74. The van der Waals surface area contributed by atoms with Gasteiger partial charge in [-0.05, 0) is 50.6 Å². The van der Waals surface area contributed by atoms with Crippen LogP contribution in [0, 0.1) is 11.8 Å². The normalized spacial score (nSPS) is 22.9. The minimum absolute atomic E-state index is 0.0513. The smallest absolute Gasteiger partial charge is 0.246 e. The molecule has 0 bridgehead atoms. The number of carbonyl (C=O) groups excluding carboxylic acids is 3. The Bertz CT molecular complexity index is 782. The summed E-state index contributed by atoms with van der Waals surface area (Å²) in [5.74, 6) is -0.144. The van der Waals surface area contributed by atoms with Crippen LogP contribution in [0.15, 0.2) is 30.3 Å². The van der Waals surface area contributed by atoms with Crippen molar-refractivity contribution >= 4 is 17.7 Å². The Kier molecular flexibility index (Phi) is 7.70. The average molecular weight is 429 g/mol. The number of fused-ring (bicyclic) bond motifs is 1. The summed E-state index contributed by atoms with van der Waals surface area (Å²) < 4.78 is 0. The summed E-state index contributed by atoms with van der Waals surface area (Å²) in [5.41, 5.74) is 1.21. The van der Waals surface area contributed by atoms with E-state index in [9.17, 15) is 14.4 Å². The van der Waals surface area contributed by atoms with Gasteiger partial charge in [0.25, 0.3) is 0 Å². The molecule has 3 amide bonds. The highest BCUT2D eigenvalue weighted by molar-refractivity contribution is 5.94. The highest BCUT2D eigenvalue weighted by Gasteiger charge is 2.47. The van der Waals surface area contributed by atoms with Crippen LogP contribution in [0.1, 0.15) is 39.2 Å². The fourth-order valence-corrected chi connectivity index (χ4v) is 4.59. The van der Waals surface area contributed by atoms with Gasteiger partial charge in [-0.1, -0.05) is 44.2 Å². The molecule has 0 saturated carbocycles. The van der Waals surface area contributed by atoms with Gasteiger partial charge in [0.1, 0.15) is 12.1 Å². The summed E-state index contributed by atoms with van der Waals surface area (Å²) in [5, 5.41) is 5.80. The van der Waals surface area contributed by atoms with Crippen LogP contribution in [0.3, 0.4) is 0 Å². The molecule has 1 aromatic carbocycles. The van der Waals surface area contributed by atoms with Crippen molar-refractivity contribution in [2.75, 3.05) is 26.7 Å². The Morgan fingerprint density at radius 1 is 1.10 bits per heavy atom. The highest BCUT2D eigenvalue weighted by atomic mass is 16.2. The molecule has 2 aliphatic rings. The number of nitrogens with one attached hydrogen (secondary N) is 2. The van der Waals surface area contributed by atoms with Crippen molar-refractivity contribution in [2.45, 2.75) is 58.2 Å². The van der Waals surface area contributed by atoms with Crippen molar-refractivity contribution < 1.29 is 14.4 Å². The van der Waals surface area contributed by atoms with E-state index < -0.39 is 12.1 Å². The Morgan fingerprint density at radius 2 is 1.77 bits per heavy atom. The first-order chi connectivity index (χ1) is 14.8. The number of likely N-dealkylation sites (tertiary alicyclic amines) is 2. The molecule has 31 heavy (non-hydrogen) atoms. The molecule has 1 aromatic rings.